The molecule has 0 bridgehead atoms. The number of carbonyl (C=O) groups is 1. The van der Waals surface area contributed by atoms with Crippen LogP contribution in [0.3, 0.4) is 0 Å². The zero-order valence-electron chi connectivity index (χ0n) is 18.2. The van der Waals surface area contributed by atoms with Crippen molar-refractivity contribution in [3.05, 3.63) is 53.3 Å². The monoisotopic (exact) mass is 487 g/mol. The van der Waals surface area contributed by atoms with Gasteiger partial charge in [0.15, 0.2) is 0 Å². The first-order valence-corrected chi connectivity index (χ1v) is 12.9. The first-order chi connectivity index (χ1) is 15.9. The van der Waals surface area contributed by atoms with Gasteiger partial charge in [-0.2, -0.15) is 9.57 Å². The maximum atomic E-state index is 13.2. The average molecular weight is 488 g/mol. The van der Waals surface area contributed by atoms with Gasteiger partial charge >= 0.3 is 0 Å². The van der Waals surface area contributed by atoms with Gasteiger partial charge in [0, 0.05) is 57.1 Å². The van der Waals surface area contributed by atoms with Crippen LogP contribution in [0.5, 0.6) is 0 Å². The lowest BCUT2D eigenvalue weighted by molar-refractivity contribution is -0.136. The number of benzene rings is 1. The number of amides is 1. The van der Waals surface area contributed by atoms with Crippen LogP contribution in [0.25, 0.3) is 0 Å². The summed E-state index contributed by atoms with van der Waals surface area (Å²) in [6, 6.07) is 12.6. The lowest BCUT2D eigenvalue weighted by Gasteiger charge is -2.33. The number of halogens is 1. The van der Waals surface area contributed by atoms with Crippen LogP contribution in [-0.2, 0) is 14.8 Å². The van der Waals surface area contributed by atoms with E-state index in [0.29, 0.717) is 31.5 Å². The summed E-state index contributed by atoms with van der Waals surface area (Å²) in [4.78, 5) is 21.2. The van der Waals surface area contributed by atoms with Crippen LogP contribution < -0.4 is 4.90 Å². The van der Waals surface area contributed by atoms with Gasteiger partial charge in [-0.3, -0.25) is 4.79 Å². The molecule has 2 saturated heterocycles. The lowest BCUT2D eigenvalue weighted by atomic mass is 9.96. The molecule has 2 aliphatic rings. The third-order valence-corrected chi connectivity index (χ3v) is 8.66. The van der Waals surface area contributed by atoms with Crippen LogP contribution in [0.15, 0.2) is 47.5 Å². The summed E-state index contributed by atoms with van der Waals surface area (Å²) in [5.41, 5.74) is 1.68. The predicted molar refractivity (Wildman–Crippen MR) is 125 cm³/mol. The fourth-order valence-corrected chi connectivity index (χ4v) is 6.34. The number of rotatable bonds is 4. The Morgan fingerprint density at radius 1 is 1.03 bits per heavy atom. The number of carbonyl (C=O) groups excluding carboxylic acids is 1. The van der Waals surface area contributed by atoms with Gasteiger partial charge in [-0.25, -0.2) is 13.4 Å². The molecule has 0 aliphatic carbocycles. The number of nitriles is 1. The number of piperidine rings is 1. The van der Waals surface area contributed by atoms with E-state index in [9.17, 15) is 13.2 Å². The highest BCUT2D eigenvalue weighted by atomic mass is 35.5. The maximum Gasteiger partial charge on any atom is 0.246 e. The average Bonchev–Trinajstić information content (AvgIpc) is 3.10. The molecule has 3 heterocycles. The molecule has 174 valence electrons. The first kappa shape index (κ1) is 23.5. The standard InChI is InChI=1S/C23H26ClN5O3S/c24-22-21(3-1-10-26-22)33(31,32)29-13-8-19(9-14-29)23(30)28-12-2-11-27(15-16-28)20-6-4-18(17-25)5-7-20/h1,3-7,10,19H,2,8-9,11-16H2. The van der Waals surface area contributed by atoms with Crippen molar-refractivity contribution in [3.63, 3.8) is 0 Å². The van der Waals surface area contributed by atoms with Gasteiger partial charge in [0.05, 0.1) is 11.6 Å². The molecule has 1 amide bonds. The van der Waals surface area contributed by atoms with Crippen molar-refractivity contribution < 1.29 is 13.2 Å². The number of hydrogen-bond acceptors (Lipinski definition) is 6. The van der Waals surface area contributed by atoms with E-state index in [1.165, 1.54) is 16.6 Å². The van der Waals surface area contributed by atoms with E-state index in [1.54, 1.807) is 6.07 Å². The zero-order valence-corrected chi connectivity index (χ0v) is 19.8. The topological polar surface area (TPSA) is 97.6 Å². The van der Waals surface area contributed by atoms with Crippen LogP contribution >= 0.6 is 11.6 Å². The van der Waals surface area contributed by atoms with Crippen molar-refractivity contribution in [2.45, 2.75) is 24.2 Å². The molecular weight excluding hydrogens is 462 g/mol. The Morgan fingerprint density at radius 2 is 1.76 bits per heavy atom. The number of sulfonamides is 1. The summed E-state index contributed by atoms with van der Waals surface area (Å²) in [7, 11) is -3.73. The van der Waals surface area contributed by atoms with Gasteiger partial charge in [0.1, 0.15) is 10.0 Å². The number of aromatic nitrogens is 1. The van der Waals surface area contributed by atoms with E-state index in [2.05, 4.69) is 16.0 Å². The maximum absolute atomic E-state index is 13.2. The normalized spacial score (nSPS) is 18.5. The van der Waals surface area contributed by atoms with E-state index in [4.69, 9.17) is 16.9 Å². The fraction of sp³-hybridized carbons (Fsp3) is 0.435. The number of nitrogens with zero attached hydrogens (tertiary/aromatic N) is 5. The van der Waals surface area contributed by atoms with Crippen molar-refractivity contribution in [1.82, 2.24) is 14.2 Å². The summed E-state index contributed by atoms with van der Waals surface area (Å²) in [6.45, 7) is 3.46. The Bertz CT molecular complexity index is 1140. The Balaban J connectivity index is 1.34. The Morgan fingerprint density at radius 3 is 2.42 bits per heavy atom. The molecule has 1 aromatic heterocycles. The molecule has 1 aromatic carbocycles. The van der Waals surface area contributed by atoms with Crippen LogP contribution in [-0.4, -0.2) is 67.8 Å². The van der Waals surface area contributed by atoms with Crippen molar-refractivity contribution in [2.24, 2.45) is 5.92 Å². The second-order valence-corrected chi connectivity index (χ2v) is 10.6. The lowest BCUT2D eigenvalue weighted by Crippen LogP contribution is -2.45. The molecule has 2 fully saturated rings. The Labute approximate surface area is 199 Å². The van der Waals surface area contributed by atoms with E-state index in [1.807, 2.05) is 29.2 Å². The minimum atomic E-state index is -3.73. The smallest absolute Gasteiger partial charge is 0.246 e. The molecule has 0 spiro atoms. The van der Waals surface area contributed by atoms with Gasteiger partial charge in [0.2, 0.25) is 15.9 Å². The van der Waals surface area contributed by atoms with Crippen molar-refractivity contribution in [2.75, 3.05) is 44.2 Å². The van der Waals surface area contributed by atoms with Gasteiger partial charge < -0.3 is 9.80 Å². The summed E-state index contributed by atoms with van der Waals surface area (Å²) in [6.07, 6.45) is 3.30. The largest absolute Gasteiger partial charge is 0.370 e. The molecule has 33 heavy (non-hydrogen) atoms. The van der Waals surface area contributed by atoms with Crippen LogP contribution in [0, 0.1) is 17.2 Å². The molecule has 8 nitrogen and oxygen atoms in total. The van der Waals surface area contributed by atoms with E-state index < -0.39 is 10.0 Å². The highest BCUT2D eigenvalue weighted by Crippen LogP contribution is 2.28. The van der Waals surface area contributed by atoms with Crippen LogP contribution in [0.2, 0.25) is 5.15 Å². The van der Waals surface area contributed by atoms with Gasteiger partial charge in [-0.15, -0.1) is 0 Å². The summed E-state index contributed by atoms with van der Waals surface area (Å²) in [5.74, 6) is -0.0737. The van der Waals surface area contributed by atoms with Gasteiger partial charge in [-0.05, 0) is 55.7 Å². The second kappa shape index (κ2) is 10.1. The van der Waals surface area contributed by atoms with Gasteiger partial charge in [-0.1, -0.05) is 11.6 Å². The van der Waals surface area contributed by atoms with Crippen LogP contribution in [0.1, 0.15) is 24.8 Å². The summed E-state index contributed by atoms with van der Waals surface area (Å²) in [5, 5.41) is 8.95. The molecule has 10 heteroatoms. The minimum Gasteiger partial charge on any atom is -0.370 e. The third-order valence-electron chi connectivity index (χ3n) is 6.31. The first-order valence-electron chi connectivity index (χ1n) is 11.0. The SMILES string of the molecule is N#Cc1ccc(N2CCCN(C(=O)C3CCN(S(=O)(=O)c4cccnc4Cl)CC3)CC2)cc1. The second-order valence-electron chi connectivity index (χ2n) is 8.30. The highest BCUT2D eigenvalue weighted by Gasteiger charge is 2.35. The molecule has 0 N–H and O–H groups in total. The molecule has 2 aromatic rings. The number of anilines is 1. The Kier molecular flexibility index (Phi) is 7.17. The molecule has 0 radical (unpaired) electrons. The van der Waals surface area contributed by atoms with E-state index in [0.717, 1.165) is 25.2 Å². The van der Waals surface area contributed by atoms with E-state index >= 15 is 0 Å². The zero-order chi connectivity index (χ0) is 23.4. The van der Waals surface area contributed by atoms with Crippen molar-refractivity contribution >= 4 is 33.2 Å². The molecule has 0 unspecified atom stereocenters. The van der Waals surface area contributed by atoms with Crippen molar-refractivity contribution in [1.29, 1.82) is 5.26 Å². The quantitative estimate of drug-likeness (QED) is 0.615. The highest BCUT2D eigenvalue weighted by molar-refractivity contribution is 7.89. The molecule has 4 rings (SSSR count). The molecular formula is C23H26ClN5O3S. The number of hydrogen-bond donors (Lipinski definition) is 0. The van der Waals surface area contributed by atoms with Crippen LogP contribution in [0.4, 0.5) is 5.69 Å². The summed E-state index contributed by atoms with van der Waals surface area (Å²) < 4.78 is 27.2. The summed E-state index contributed by atoms with van der Waals surface area (Å²) >= 11 is 6.00. The minimum absolute atomic E-state index is 0.00635. The third kappa shape index (κ3) is 5.13. The fourth-order valence-electron chi connectivity index (χ4n) is 4.45. The Hall–Kier alpha value is -2.67. The van der Waals surface area contributed by atoms with Crippen molar-refractivity contribution in [3.8, 4) is 6.07 Å². The molecule has 0 atom stereocenters. The molecule has 0 saturated carbocycles. The predicted octanol–water partition coefficient (Wildman–Crippen LogP) is 2.75. The molecule has 2 aliphatic heterocycles. The van der Waals surface area contributed by atoms with E-state index in [-0.39, 0.29) is 35.0 Å². The number of pyridine rings is 1. The van der Waals surface area contributed by atoms with Gasteiger partial charge in [0.25, 0.3) is 0 Å².